The van der Waals surface area contributed by atoms with Crippen molar-refractivity contribution in [2.24, 2.45) is 0 Å². The van der Waals surface area contributed by atoms with Gasteiger partial charge in [-0.15, -0.1) is 11.3 Å². The molecule has 0 aromatic carbocycles. The van der Waals surface area contributed by atoms with E-state index in [1.54, 1.807) is 23.4 Å². The zero-order valence-corrected chi connectivity index (χ0v) is 11.8. The van der Waals surface area contributed by atoms with Gasteiger partial charge < -0.3 is 10.6 Å². The van der Waals surface area contributed by atoms with E-state index in [1.165, 1.54) is 11.3 Å². The Labute approximate surface area is 124 Å². The zero-order valence-electron chi connectivity index (χ0n) is 11.0. The fraction of sp³-hybridized carbons (Fsp3) is 0.143. The fourth-order valence-electron chi connectivity index (χ4n) is 2.52. The lowest BCUT2D eigenvalue weighted by Gasteiger charge is -2.15. The molecule has 0 saturated carbocycles. The summed E-state index contributed by atoms with van der Waals surface area (Å²) in [6.45, 7) is 0.986. The number of carbonyl (C=O) groups excluding carboxylic acids is 1. The van der Waals surface area contributed by atoms with E-state index in [1.807, 2.05) is 11.4 Å². The molecule has 104 valence electrons. The van der Waals surface area contributed by atoms with Crippen molar-refractivity contribution in [3.05, 3.63) is 46.7 Å². The monoisotopic (exact) mass is 297 g/mol. The third-order valence-electron chi connectivity index (χ3n) is 3.54. The number of aromatic nitrogens is 3. The second-order valence-corrected chi connectivity index (χ2v) is 5.77. The van der Waals surface area contributed by atoms with E-state index in [0.29, 0.717) is 18.7 Å². The second kappa shape index (κ2) is 4.49. The number of fused-ring (bicyclic) bond motifs is 2. The van der Waals surface area contributed by atoms with Gasteiger partial charge in [-0.1, -0.05) is 0 Å². The van der Waals surface area contributed by atoms with Gasteiger partial charge in [0.05, 0.1) is 28.0 Å². The van der Waals surface area contributed by atoms with Crippen molar-refractivity contribution in [2.45, 2.75) is 13.1 Å². The van der Waals surface area contributed by atoms with Crippen LogP contribution in [0, 0.1) is 0 Å². The van der Waals surface area contributed by atoms with Gasteiger partial charge in [0, 0.05) is 24.5 Å². The zero-order chi connectivity index (χ0) is 14.4. The minimum absolute atomic E-state index is 0.0126. The van der Waals surface area contributed by atoms with Crippen LogP contribution in [-0.2, 0) is 13.1 Å². The molecule has 1 aliphatic heterocycles. The van der Waals surface area contributed by atoms with Crippen molar-refractivity contribution < 1.29 is 4.79 Å². The molecule has 0 fully saturated rings. The minimum atomic E-state index is -0.0126. The van der Waals surface area contributed by atoms with Gasteiger partial charge in [0.15, 0.2) is 0 Å². The number of pyridine rings is 1. The Bertz CT molecular complexity index is 859. The van der Waals surface area contributed by atoms with Gasteiger partial charge in [0.2, 0.25) is 5.95 Å². The molecule has 0 saturated heterocycles. The summed E-state index contributed by atoms with van der Waals surface area (Å²) in [6.07, 6.45) is 3.36. The first-order valence-corrected chi connectivity index (χ1v) is 7.32. The average Bonchev–Trinajstić information content (AvgIpc) is 3.11. The summed E-state index contributed by atoms with van der Waals surface area (Å²) in [4.78, 5) is 26.9. The van der Waals surface area contributed by atoms with Crippen LogP contribution >= 0.6 is 11.3 Å². The maximum Gasteiger partial charge on any atom is 0.256 e. The molecule has 1 aliphatic rings. The van der Waals surface area contributed by atoms with Crippen LogP contribution in [0.5, 0.6) is 0 Å². The van der Waals surface area contributed by atoms with Gasteiger partial charge in [0.1, 0.15) is 0 Å². The molecular weight excluding hydrogens is 286 g/mol. The first kappa shape index (κ1) is 12.2. The Morgan fingerprint density at radius 2 is 2.19 bits per heavy atom. The first-order chi connectivity index (χ1) is 10.2. The molecule has 0 bridgehead atoms. The van der Waals surface area contributed by atoms with Crippen molar-refractivity contribution in [3.63, 3.8) is 0 Å². The maximum atomic E-state index is 12.7. The topological polar surface area (TPSA) is 85.0 Å². The lowest BCUT2D eigenvalue weighted by molar-refractivity contribution is 0.0752. The number of carbonyl (C=O) groups is 1. The van der Waals surface area contributed by atoms with Crippen molar-refractivity contribution in [1.82, 2.24) is 19.9 Å². The number of rotatable bonds is 1. The molecule has 0 spiro atoms. The number of amides is 1. The van der Waals surface area contributed by atoms with E-state index in [9.17, 15) is 4.79 Å². The van der Waals surface area contributed by atoms with Crippen LogP contribution in [-0.4, -0.2) is 25.8 Å². The highest BCUT2D eigenvalue weighted by molar-refractivity contribution is 7.17. The molecule has 4 rings (SSSR count). The van der Waals surface area contributed by atoms with Crippen LogP contribution in [0.25, 0.3) is 10.2 Å². The van der Waals surface area contributed by atoms with Gasteiger partial charge in [0.25, 0.3) is 5.91 Å². The van der Waals surface area contributed by atoms with E-state index in [0.717, 1.165) is 21.5 Å². The molecule has 3 aromatic heterocycles. The number of nitrogens with two attached hydrogens (primary N) is 1. The SMILES string of the molecule is Nc1ncc2c(n1)CN(C(=O)c1ccnc3ccsc13)C2. The molecule has 6 nitrogen and oxygen atoms in total. The Morgan fingerprint density at radius 1 is 1.29 bits per heavy atom. The molecule has 0 atom stereocenters. The Morgan fingerprint density at radius 3 is 3.10 bits per heavy atom. The van der Waals surface area contributed by atoms with Gasteiger partial charge in [-0.25, -0.2) is 9.97 Å². The van der Waals surface area contributed by atoms with Crippen LogP contribution in [0.15, 0.2) is 29.9 Å². The summed E-state index contributed by atoms with van der Waals surface area (Å²) < 4.78 is 0.920. The molecule has 21 heavy (non-hydrogen) atoms. The molecule has 4 heterocycles. The van der Waals surface area contributed by atoms with Crippen molar-refractivity contribution in [3.8, 4) is 0 Å². The third kappa shape index (κ3) is 1.93. The Hall–Kier alpha value is -2.54. The smallest absolute Gasteiger partial charge is 0.256 e. The highest BCUT2D eigenvalue weighted by Crippen LogP contribution is 2.27. The van der Waals surface area contributed by atoms with Crippen LogP contribution in [0.1, 0.15) is 21.6 Å². The van der Waals surface area contributed by atoms with E-state index >= 15 is 0 Å². The van der Waals surface area contributed by atoms with Crippen LogP contribution in [0.4, 0.5) is 5.95 Å². The molecule has 7 heteroatoms. The number of thiophene rings is 1. The molecule has 1 amide bonds. The van der Waals surface area contributed by atoms with Crippen molar-refractivity contribution in [2.75, 3.05) is 5.73 Å². The van der Waals surface area contributed by atoms with E-state index in [-0.39, 0.29) is 11.9 Å². The van der Waals surface area contributed by atoms with E-state index in [2.05, 4.69) is 15.0 Å². The van der Waals surface area contributed by atoms with E-state index < -0.39 is 0 Å². The maximum absolute atomic E-state index is 12.7. The second-order valence-electron chi connectivity index (χ2n) is 4.85. The molecule has 0 radical (unpaired) electrons. The van der Waals surface area contributed by atoms with Crippen LogP contribution in [0.3, 0.4) is 0 Å². The van der Waals surface area contributed by atoms with Gasteiger partial charge in [-0.3, -0.25) is 9.78 Å². The summed E-state index contributed by atoms with van der Waals surface area (Å²) in [6, 6.07) is 3.69. The highest BCUT2D eigenvalue weighted by atomic mass is 32.1. The summed E-state index contributed by atoms with van der Waals surface area (Å²) in [5, 5.41) is 1.94. The summed E-state index contributed by atoms with van der Waals surface area (Å²) in [5.74, 6) is 0.231. The lowest BCUT2D eigenvalue weighted by atomic mass is 10.2. The summed E-state index contributed by atoms with van der Waals surface area (Å²) >= 11 is 1.53. The quantitative estimate of drug-likeness (QED) is 0.740. The standard InChI is InChI=1S/C14H11N5OS/c15-14-17-5-8-6-19(7-11(8)18-14)13(20)9-1-3-16-10-2-4-21-12(9)10/h1-5H,6-7H2,(H2,15,17,18). The first-order valence-electron chi connectivity index (χ1n) is 6.44. The van der Waals surface area contributed by atoms with Crippen molar-refractivity contribution in [1.29, 1.82) is 0 Å². The number of hydrogen-bond donors (Lipinski definition) is 1. The molecule has 2 N–H and O–H groups in total. The summed E-state index contributed by atoms with van der Waals surface area (Å²) in [5.41, 5.74) is 8.91. The highest BCUT2D eigenvalue weighted by Gasteiger charge is 2.27. The van der Waals surface area contributed by atoms with Gasteiger partial charge in [-0.05, 0) is 17.5 Å². The van der Waals surface area contributed by atoms with Crippen LogP contribution in [0.2, 0.25) is 0 Å². The Balaban J connectivity index is 1.69. The number of nitrogens with zero attached hydrogens (tertiary/aromatic N) is 4. The lowest BCUT2D eigenvalue weighted by Crippen LogP contribution is -2.25. The Kier molecular flexibility index (Phi) is 2.61. The number of anilines is 1. The molecule has 3 aromatic rings. The summed E-state index contributed by atoms with van der Waals surface area (Å²) in [7, 11) is 0. The normalized spacial score (nSPS) is 13.6. The van der Waals surface area contributed by atoms with E-state index in [4.69, 9.17) is 5.73 Å². The van der Waals surface area contributed by atoms with Gasteiger partial charge in [-0.2, -0.15) is 0 Å². The van der Waals surface area contributed by atoms with Gasteiger partial charge >= 0.3 is 0 Å². The predicted octanol–water partition coefficient (Wildman–Crippen LogP) is 1.82. The fourth-order valence-corrected chi connectivity index (χ4v) is 3.38. The number of nitrogen functional groups attached to an aromatic ring is 1. The predicted molar refractivity (Wildman–Crippen MR) is 79.6 cm³/mol. The molecule has 0 aliphatic carbocycles. The minimum Gasteiger partial charge on any atom is -0.368 e. The van der Waals surface area contributed by atoms with Crippen LogP contribution < -0.4 is 5.73 Å². The largest absolute Gasteiger partial charge is 0.368 e. The average molecular weight is 297 g/mol. The van der Waals surface area contributed by atoms with Crippen molar-refractivity contribution >= 4 is 33.4 Å². The molecular formula is C14H11N5OS. The molecule has 0 unspecified atom stereocenters. The third-order valence-corrected chi connectivity index (χ3v) is 4.47. The number of hydrogen-bond acceptors (Lipinski definition) is 6.